The molecule has 0 spiro atoms. The molecule has 0 bridgehead atoms. The highest BCUT2D eigenvalue weighted by atomic mass is 35.5. The Morgan fingerprint density at radius 1 is 1.22 bits per heavy atom. The Balaban J connectivity index is 1.83. The Bertz CT molecular complexity index is 1570. The van der Waals surface area contributed by atoms with E-state index in [4.69, 9.17) is 27.8 Å². The minimum absolute atomic E-state index is 0.00853. The number of halogens is 3. The minimum Gasteiger partial charge on any atom is -0.497 e. The van der Waals surface area contributed by atoms with Crippen molar-refractivity contribution in [1.29, 1.82) is 5.26 Å². The third-order valence-electron chi connectivity index (χ3n) is 5.28. The lowest BCUT2D eigenvalue weighted by Crippen LogP contribution is -2.26. The van der Waals surface area contributed by atoms with Gasteiger partial charge in [0.2, 0.25) is 5.95 Å². The summed E-state index contributed by atoms with van der Waals surface area (Å²) in [5, 5.41) is 12.6. The summed E-state index contributed by atoms with van der Waals surface area (Å²) >= 11 is 6.28. The van der Waals surface area contributed by atoms with E-state index in [1.54, 1.807) is 18.2 Å². The average molecular weight is 513 g/mol. The molecule has 0 aliphatic carbocycles. The number of nitriles is 1. The normalized spacial score (nSPS) is 11.0. The maximum atomic E-state index is 13.6. The predicted octanol–water partition coefficient (Wildman–Crippen LogP) is 3.47. The van der Waals surface area contributed by atoms with Crippen molar-refractivity contribution in [3.05, 3.63) is 68.7 Å². The molecule has 2 aromatic carbocycles. The largest absolute Gasteiger partial charge is 0.497 e. The number of nitrogens with two attached hydrogens (primary N) is 2. The second-order valence-corrected chi connectivity index (χ2v) is 7.95. The van der Waals surface area contributed by atoms with Crippen molar-refractivity contribution in [2.45, 2.75) is 12.8 Å². The summed E-state index contributed by atoms with van der Waals surface area (Å²) in [7, 11) is 1.34. The number of anilines is 3. The Hall–Kier alpha value is -4.50. The topological polar surface area (TPSA) is 158 Å². The van der Waals surface area contributed by atoms with E-state index in [0.717, 1.165) is 0 Å². The molecule has 184 valence electrons. The molecule has 2 aromatic heterocycles. The van der Waals surface area contributed by atoms with Crippen molar-refractivity contribution in [2.75, 3.05) is 30.4 Å². The van der Waals surface area contributed by atoms with Gasteiger partial charge in [-0.15, -0.1) is 0 Å². The van der Waals surface area contributed by atoms with E-state index in [-0.39, 0.29) is 69.3 Å². The molecule has 0 fully saturated rings. The Morgan fingerprint density at radius 3 is 2.69 bits per heavy atom. The molecule has 0 aliphatic heterocycles. The number of methoxy groups -OCH3 is 1. The Kier molecular flexibility index (Phi) is 6.84. The second kappa shape index (κ2) is 10.0. The first kappa shape index (κ1) is 24.6. The predicted molar refractivity (Wildman–Crippen MR) is 132 cm³/mol. The number of nitrogens with one attached hydrogen (secondary N) is 1. The van der Waals surface area contributed by atoms with Gasteiger partial charge in [0.1, 0.15) is 29.0 Å². The molecule has 5 N–H and O–H groups in total. The van der Waals surface area contributed by atoms with E-state index < -0.39 is 12.0 Å². The highest BCUT2D eigenvalue weighted by Gasteiger charge is 2.19. The first-order chi connectivity index (χ1) is 17.2. The summed E-state index contributed by atoms with van der Waals surface area (Å²) in [6, 6.07) is 10.6. The van der Waals surface area contributed by atoms with Crippen LogP contribution in [0.15, 0.2) is 41.2 Å². The number of hydrogen-bond donors (Lipinski definition) is 3. The van der Waals surface area contributed by atoms with Crippen molar-refractivity contribution in [1.82, 2.24) is 19.5 Å². The van der Waals surface area contributed by atoms with Gasteiger partial charge in [0, 0.05) is 24.6 Å². The zero-order valence-electron chi connectivity index (χ0n) is 18.8. The second-order valence-electron chi connectivity index (χ2n) is 7.55. The number of benzene rings is 2. The van der Waals surface area contributed by atoms with Crippen molar-refractivity contribution in [3.8, 4) is 17.5 Å². The molecule has 0 radical (unpaired) electrons. The fraction of sp³-hybridized carbons (Fsp3) is 0.174. The van der Waals surface area contributed by atoms with Crippen molar-refractivity contribution in [3.63, 3.8) is 0 Å². The summed E-state index contributed by atoms with van der Waals surface area (Å²) in [4.78, 5) is 25.9. The molecule has 0 aliphatic rings. The number of fused-ring (bicyclic) bond motifs is 1. The zero-order chi connectivity index (χ0) is 26.0. The quantitative estimate of drug-likeness (QED) is 0.337. The van der Waals surface area contributed by atoms with Gasteiger partial charge in [-0.05, 0) is 24.3 Å². The molecule has 0 amide bonds. The van der Waals surface area contributed by atoms with Crippen LogP contribution in [0.4, 0.5) is 26.4 Å². The maximum absolute atomic E-state index is 13.6. The van der Waals surface area contributed by atoms with Crippen LogP contribution in [0.2, 0.25) is 5.02 Å². The molecule has 4 aromatic rings. The fourth-order valence-corrected chi connectivity index (χ4v) is 3.93. The van der Waals surface area contributed by atoms with Gasteiger partial charge in [-0.3, -0.25) is 9.36 Å². The number of hydrogen-bond acceptors (Lipinski definition) is 9. The van der Waals surface area contributed by atoms with Crippen LogP contribution in [-0.4, -0.2) is 33.2 Å². The van der Waals surface area contributed by atoms with E-state index in [1.165, 1.54) is 29.9 Å². The van der Waals surface area contributed by atoms with Gasteiger partial charge in [0.15, 0.2) is 5.82 Å². The standard InChI is InChI=1S/C23H19ClF2N8O2/c1-36-13-8-11(19(25)26)7-12(9-13)34-17(31-16-4-2-3-15(24)18(16)22(34)35)5-6-30-21-14(10-27)20(28)32-23(29)33-21/h2-4,7-9,19H,5-6H2,1H3,(H5,28,29,30,32,33). The smallest absolute Gasteiger partial charge is 0.267 e. The van der Waals surface area contributed by atoms with Crippen LogP contribution in [0.25, 0.3) is 16.6 Å². The molecule has 2 heterocycles. The van der Waals surface area contributed by atoms with Gasteiger partial charge < -0.3 is 21.5 Å². The van der Waals surface area contributed by atoms with Gasteiger partial charge in [0.25, 0.3) is 12.0 Å². The number of ether oxygens (including phenoxy) is 1. The molecule has 0 unspecified atom stereocenters. The zero-order valence-corrected chi connectivity index (χ0v) is 19.6. The molecule has 0 saturated carbocycles. The van der Waals surface area contributed by atoms with E-state index in [1.807, 2.05) is 6.07 Å². The van der Waals surface area contributed by atoms with E-state index >= 15 is 0 Å². The molecular formula is C23H19ClF2N8O2. The van der Waals surface area contributed by atoms with Crippen LogP contribution in [-0.2, 0) is 6.42 Å². The number of alkyl halides is 2. The molecule has 13 heteroatoms. The van der Waals surface area contributed by atoms with Crippen LogP contribution in [0.3, 0.4) is 0 Å². The van der Waals surface area contributed by atoms with Crippen LogP contribution in [0, 0.1) is 11.3 Å². The van der Waals surface area contributed by atoms with E-state index in [9.17, 15) is 18.8 Å². The summed E-state index contributed by atoms with van der Waals surface area (Å²) in [6.07, 6.45) is -2.68. The SMILES string of the molecule is COc1cc(C(F)F)cc(-n2c(CCNc3nc(N)nc(N)c3C#N)nc3cccc(Cl)c3c2=O)c1. The molecular weight excluding hydrogens is 494 g/mol. The van der Waals surface area contributed by atoms with Crippen LogP contribution >= 0.6 is 11.6 Å². The molecule has 36 heavy (non-hydrogen) atoms. The molecule has 10 nitrogen and oxygen atoms in total. The average Bonchev–Trinajstić information content (AvgIpc) is 2.83. The van der Waals surface area contributed by atoms with E-state index in [2.05, 4.69) is 20.3 Å². The lowest BCUT2D eigenvalue weighted by Gasteiger charge is -2.17. The number of rotatable bonds is 7. The van der Waals surface area contributed by atoms with E-state index in [0.29, 0.717) is 5.52 Å². The summed E-state index contributed by atoms with van der Waals surface area (Å²) in [5.41, 5.74) is 11.0. The molecule has 0 saturated heterocycles. The number of nitrogens with zero attached hydrogens (tertiary/aromatic N) is 5. The van der Waals surface area contributed by atoms with Gasteiger partial charge in [-0.2, -0.15) is 15.2 Å². The Morgan fingerprint density at radius 2 is 2.00 bits per heavy atom. The van der Waals surface area contributed by atoms with Crippen LogP contribution in [0.1, 0.15) is 23.4 Å². The number of aromatic nitrogens is 4. The fourth-order valence-electron chi connectivity index (χ4n) is 3.68. The first-order valence-electron chi connectivity index (χ1n) is 10.5. The van der Waals surface area contributed by atoms with Crippen molar-refractivity contribution >= 4 is 40.1 Å². The monoisotopic (exact) mass is 512 g/mol. The first-order valence-corrected chi connectivity index (χ1v) is 10.9. The van der Waals surface area contributed by atoms with Gasteiger partial charge in [-0.1, -0.05) is 17.7 Å². The Labute approximate surface area is 208 Å². The third-order valence-corrected chi connectivity index (χ3v) is 5.60. The summed E-state index contributed by atoms with van der Waals surface area (Å²) in [5.74, 6) is 0.286. The maximum Gasteiger partial charge on any atom is 0.267 e. The van der Waals surface area contributed by atoms with Crippen LogP contribution < -0.4 is 27.1 Å². The van der Waals surface area contributed by atoms with Crippen LogP contribution in [0.5, 0.6) is 5.75 Å². The van der Waals surface area contributed by atoms with Crippen molar-refractivity contribution < 1.29 is 13.5 Å². The summed E-state index contributed by atoms with van der Waals surface area (Å²) in [6.45, 7) is 0.134. The summed E-state index contributed by atoms with van der Waals surface area (Å²) < 4.78 is 33.5. The lowest BCUT2D eigenvalue weighted by atomic mass is 10.1. The lowest BCUT2D eigenvalue weighted by molar-refractivity contribution is 0.151. The minimum atomic E-state index is -2.80. The highest BCUT2D eigenvalue weighted by molar-refractivity contribution is 6.35. The van der Waals surface area contributed by atoms with Gasteiger partial charge in [0.05, 0.1) is 28.7 Å². The highest BCUT2D eigenvalue weighted by Crippen LogP contribution is 2.28. The van der Waals surface area contributed by atoms with Gasteiger partial charge in [-0.25, -0.2) is 13.8 Å². The number of nitrogen functional groups attached to an aromatic ring is 2. The molecule has 4 rings (SSSR count). The van der Waals surface area contributed by atoms with Gasteiger partial charge >= 0.3 is 0 Å². The molecule has 0 atom stereocenters. The third kappa shape index (κ3) is 4.69. The van der Waals surface area contributed by atoms with Crippen molar-refractivity contribution in [2.24, 2.45) is 0 Å².